The fourth-order valence-electron chi connectivity index (χ4n) is 1.62. The molecule has 0 aliphatic heterocycles. The molecule has 0 aliphatic carbocycles. The molecule has 0 aromatic heterocycles. The van der Waals surface area contributed by atoms with Gasteiger partial charge in [0, 0.05) is 0 Å². The number of rotatable bonds is 5. The van der Waals surface area contributed by atoms with Crippen LogP contribution in [-0.2, 0) is 14.3 Å². The highest BCUT2D eigenvalue weighted by molar-refractivity contribution is 5.89. The van der Waals surface area contributed by atoms with Gasteiger partial charge in [0.2, 0.25) is 0 Å². The molecular formula is C15H20O4. The molecule has 0 spiro atoms. The smallest absolute Gasteiger partial charge is 0.338 e. The van der Waals surface area contributed by atoms with Gasteiger partial charge in [0.05, 0.1) is 11.5 Å². The fourth-order valence-corrected chi connectivity index (χ4v) is 1.62. The largest absolute Gasteiger partial charge is 0.462 e. The van der Waals surface area contributed by atoms with E-state index in [1.54, 1.807) is 26.0 Å². The van der Waals surface area contributed by atoms with Crippen molar-refractivity contribution in [2.24, 2.45) is 5.92 Å². The summed E-state index contributed by atoms with van der Waals surface area (Å²) in [5, 5.41) is 0. The van der Waals surface area contributed by atoms with E-state index in [0.717, 1.165) is 11.1 Å². The summed E-state index contributed by atoms with van der Waals surface area (Å²) in [5.74, 6) is -0.857. The predicted octanol–water partition coefficient (Wildman–Crippen LogP) is 2.66. The maximum absolute atomic E-state index is 11.8. The fraction of sp³-hybridized carbons (Fsp3) is 0.467. The van der Waals surface area contributed by atoms with Gasteiger partial charge in [0.1, 0.15) is 13.2 Å². The van der Waals surface area contributed by atoms with Crippen molar-refractivity contribution in [1.82, 2.24) is 0 Å². The minimum Gasteiger partial charge on any atom is -0.462 e. The van der Waals surface area contributed by atoms with Crippen LogP contribution in [0.5, 0.6) is 0 Å². The van der Waals surface area contributed by atoms with Crippen LogP contribution in [-0.4, -0.2) is 25.2 Å². The number of carbonyl (C=O) groups excluding carboxylic acids is 2. The zero-order valence-corrected chi connectivity index (χ0v) is 11.9. The summed E-state index contributed by atoms with van der Waals surface area (Å²) in [5.41, 5.74) is 2.55. The number of carbonyl (C=O) groups is 2. The Morgan fingerprint density at radius 3 is 2.05 bits per heavy atom. The molecule has 104 valence electrons. The molecule has 0 bridgehead atoms. The monoisotopic (exact) mass is 264 g/mol. The van der Waals surface area contributed by atoms with Crippen LogP contribution in [0, 0.1) is 19.8 Å². The van der Waals surface area contributed by atoms with Gasteiger partial charge in [0.25, 0.3) is 0 Å². The highest BCUT2D eigenvalue weighted by Crippen LogP contribution is 2.10. The van der Waals surface area contributed by atoms with E-state index in [-0.39, 0.29) is 25.1 Å². The van der Waals surface area contributed by atoms with Crippen molar-refractivity contribution in [2.75, 3.05) is 13.2 Å². The summed E-state index contributed by atoms with van der Waals surface area (Å²) >= 11 is 0. The van der Waals surface area contributed by atoms with Crippen molar-refractivity contribution < 1.29 is 19.1 Å². The summed E-state index contributed by atoms with van der Waals surface area (Å²) in [6.07, 6.45) is 0. The van der Waals surface area contributed by atoms with Gasteiger partial charge in [0.15, 0.2) is 0 Å². The molecule has 1 rings (SSSR count). The van der Waals surface area contributed by atoms with Gasteiger partial charge >= 0.3 is 11.9 Å². The molecule has 0 fully saturated rings. The maximum Gasteiger partial charge on any atom is 0.338 e. The van der Waals surface area contributed by atoms with Gasteiger partial charge < -0.3 is 9.47 Å². The average molecular weight is 264 g/mol. The third kappa shape index (κ3) is 5.12. The highest BCUT2D eigenvalue weighted by Gasteiger charge is 2.10. The molecule has 0 radical (unpaired) electrons. The van der Waals surface area contributed by atoms with Gasteiger partial charge in [-0.3, -0.25) is 4.79 Å². The number of hydrogen-bond acceptors (Lipinski definition) is 4. The van der Waals surface area contributed by atoms with Crippen molar-refractivity contribution in [3.05, 3.63) is 34.9 Å². The standard InChI is InChI=1S/C15H20O4/c1-10(2)14(16)18-5-6-19-15(17)13-8-11(3)7-12(4)9-13/h7-10H,5-6H2,1-4H3. The zero-order valence-electron chi connectivity index (χ0n) is 11.9. The second-order valence-corrected chi connectivity index (χ2v) is 4.83. The Morgan fingerprint density at radius 2 is 1.53 bits per heavy atom. The highest BCUT2D eigenvalue weighted by atomic mass is 16.6. The Hall–Kier alpha value is -1.84. The maximum atomic E-state index is 11.8. The van der Waals surface area contributed by atoms with E-state index >= 15 is 0 Å². The normalized spacial score (nSPS) is 10.4. The van der Waals surface area contributed by atoms with Gasteiger partial charge in [-0.15, -0.1) is 0 Å². The van der Waals surface area contributed by atoms with Crippen molar-refractivity contribution in [3.8, 4) is 0 Å². The molecule has 0 N–H and O–H groups in total. The molecule has 0 amide bonds. The van der Waals surface area contributed by atoms with Gasteiger partial charge in [-0.05, 0) is 26.0 Å². The van der Waals surface area contributed by atoms with Gasteiger partial charge in [-0.1, -0.05) is 31.0 Å². The van der Waals surface area contributed by atoms with E-state index in [0.29, 0.717) is 5.56 Å². The molecular weight excluding hydrogens is 244 g/mol. The number of ether oxygens (including phenoxy) is 2. The molecule has 0 aliphatic rings. The summed E-state index contributed by atoms with van der Waals surface area (Å²) in [6.45, 7) is 7.52. The lowest BCUT2D eigenvalue weighted by Gasteiger charge is -2.08. The number of hydrogen-bond donors (Lipinski definition) is 0. The summed E-state index contributed by atoms with van der Waals surface area (Å²) in [7, 11) is 0. The van der Waals surface area contributed by atoms with E-state index in [2.05, 4.69) is 0 Å². The van der Waals surface area contributed by atoms with Gasteiger partial charge in [-0.2, -0.15) is 0 Å². The lowest BCUT2D eigenvalue weighted by molar-refractivity contribution is -0.148. The van der Waals surface area contributed by atoms with Crippen LogP contribution >= 0.6 is 0 Å². The van der Waals surface area contributed by atoms with Crippen molar-refractivity contribution in [3.63, 3.8) is 0 Å². The molecule has 19 heavy (non-hydrogen) atoms. The third-order valence-electron chi connectivity index (χ3n) is 2.49. The van der Waals surface area contributed by atoms with Crippen LogP contribution in [0.4, 0.5) is 0 Å². The Labute approximate surface area is 113 Å². The first-order chi connectivity index (χ1) is 8.90. The Kier molecular flexibility index (Phi) is 5.55. The van der Waals surface area contributed by atoms with E-state index in [1.807, 2.05) is 19.9 Å². The first-order valence-electron chi connectivity index (χ1n) is 6.32. The number of esters is 2. The Bertz CT molecular complexity index is 443. The minimum absolute atomic E-state index is 0.0737. The number of benzene rings is 1. The molecule has 0 heterocycles. The molecule has 4 heteroatoms. The molecule has 0 unspecified atom stereocenters. The topological polar surface area (TPSA) is 52.6 Å². The molecule has 1 aromatic carbocycles. The summed E-state index contributed by atoms with van der Waals surface area (Å²) in [4.78, 5) is 22.9. The Morgan fingerprint density at radius 1 is 1.00 bits per heavy atom. The van der Waals surface area contributed by atoms with E-state index in [1.165, 1.54) is 0 Å². The van der Waals surface area contributed by atoms with Crippen LogP contribution in [0.15, 0.2) is 18.2 Å². The van der Waals surface area contributed by atoms with Crippen LogP contribution in [0.25, 0.3) is 0 Å². The molecule has 0 saturated carbocycles. The van der Waals surface area contributed by atoms with E-state index in [9.17, 15) is 9.59 Å². The second kappa shape index (κ2) is 6.92. The lowest BCUT2D eigenvalue weighted by atomic mass is 10.1. The summed E-state index contributed by atoms with van der Waals surface area (Å²) < 4.78 is 9.97. The van der Waals surface area contributed by atoms with Crippen LogP contribution in [0.1, 0.15) is 35.3 Å². The third-order valence-corrected chi connectivity index (χ3v) is 2.49. The van der Waals surface area contributed by atoms with Crippen molar-refractivity contribution in [2.45, 2.75) is 27.7 Å². The predicted molar refractivity (Wildman–Crippen MR) is 72.0 cm³/mol. The first kappa shape index (κ1) is 15.2. The molecule has 0 atom stereocenters. The minimum atomic E-state index is -0.396. The average Bonchev–Trinajstić information content (AvgIpc) is 2.32. The van der Waals surface area contributed by atoms with Gasteiger partial charge in [-0.25, -0.2) is 4.79 Å². The van der Waals surface area contributed by atoms with Crippen LogP contribution in [0.3, 0.4) is 0 Å². The van der Waals surface area contributed by atoms with Crippen molar-refractivity contribution in [1.29, 1.82) is 0 Å². The molecule has 1 aromatic rings. The first-order valence-corrected chi connectivity index (χ1v) is 6.32. The van der Waals surface area contributed by atoms with E-state index < -0.39 is 5.97 Å². The quantitative estimate of drug-likeness (QED) is 0.606. The molecule has 4 nitrogen and oxygen atoms in total. The van der Waals surface area contributed by atoms with E-state index in [4.69, 9.17) is 9.47 Å². The van der Waals surface area contributed by atoms with Crippen molar-refractivity contribution >= 4 is 11.9 Å². The SMILES string of the molecule is Cc1cc(C)cc(C(=O)OCCOC(=O)C(C)C)c1. The van der Waals surface area contributed by atoms with Crippen LogP contribution < -0.4 is 0 Å². The van der Waals surface area contributed by atoms with Crippen LogP contribution in [0.2, 0.25) is 0 Å². The Balaban J connectivity index is 2.41. The second-order valence-electron chi connectivity index (χ2n) is 4.83. The zero-order chi connectivity index (χ0) is 14.4. The lowest BCUT2D eigenvalue weighted by Crippen LogP contribution is -2.17. The summed E-state index contributed by atoms with van der Waals surface area (Å²) in [6, 6.07) is 5.53. The molecule has 0 saturated heterocycles. The number of aryl methyl sites for hydroxylation is 2.